The summed E-state index contributed by atoms with van der Waals surface area (Å²) in [4.78, 5) is 10.4. The van der Waals surface area contributed by atoms with Gasteiger partial charge in [0.1, 0.15) is 5.82 Å². The SMILES string of the molecule is O=Cc1nnc2n1CCCC2. The minimum Gasteiger partial charge on any atom is -0.309 e. The Balaban J connectivity index is 2.45. The van der Waals surface area contributed by atoms with Gasteiger partial charge < -0.3 is 4.57 Å². The number of aryl methyl sites for hydroxylation is 1. The van der Waals surface area contributed by atoms with E-state index in [0.717, 1.165) is 37.9 Å². The van der Waals surface area contributed by atoms with Gasteiger partial charge in [0.15, 0.2) is 12.1 Å². The number of carbonyl (C=O) groups is 1. The molecule has 0 unspecified atom stereocenters. The van der Waals surface area contributed by atoms with Crippen LogP contribution in [0, 0.1) is 0 Å². The first-order valence-electron chi connectivity index (χ1n) is 3.79. The minimum atomic E-state index is 0.472. The summed E-state index contributed by atoms with van der Waals surface area (Å²) in [6.07, 6.45) is 4.02. The van der Waals surface area contributed by atoms with Crippen molar-refractivity contribution in [1.29, 1.82) is 0 Å². The van der Waals surface area contributed by atoms with E-state index in [1.165, 1.54) is 0 Å². The molecule has 58 valence electrons. The third kappa shape index (κ3) is 0.943. The summed E-state index contributed by atoms with van der Waals surface area (Å²) in [5.41, 5.74) is 0. The molecule has 1 aromatic rings. The van der Waals surface area contributed by atoms with Gasteiger partial charge in [0.2, 0.25) is 0 Å². The minimum absolute atomic E-state index is 0.472. The zero-order valence-corrected chi connectivity index (χ0v) is 6.16. The molecule has 0 N–H and O–H groups in total. The molecule has 1 aromatic heterocycles. The Morgan fingerprint density at radius 1 is 1.36 bits per heavy atom. The second kappa shape index (κ2) is 2.45. The molecule has 0 saturated heterocycles. The zero-order valence-electron chi connectivity index (χ0n) is 6.16. The maximum absolute atomic E-state index is 10.4. The molecule has 0 bridgehead atoms. The van der Waals surface area contributed by atoms with E-state index in [1.54, 1.807) is 0 Å². The van der Waals surface area contributed by atoms with E-state index < -0.39 is 0 Å². The van der Waals surface area contributed by atoms with Crippen molar-refractivity contribution >= 4 is 6.29 Å². The van der Waals surface area contributed by atoms with Crippen molar-refractivity contribution in [2.75, 3.05) is 0 Å². The van der Waals surface area contributed by atoms with Crippen LogP contribution in [0.4, 0.5) is 0 Å². The fraction of sp³-hybridized carbons (Fsp3) is 0.571. The van der Waals surface area contributed by atoms with Gasteiger partial charge in [-0.2, -0.15) is 0 Å². The van der Waals surface area contributed by atoms with Gasteiger partial charge in [0.05, 0.1) is 0 Å². The maximum Gasteiger partial charge on any atom is 0.196 e. The van der Waals surface area contributed by atoms with Crippen LogP contribution in [0.2, 0.25) is 0 Å². The topological polar surface area (TPSA) is 47.8 Å². The van der Waals surface area contributed by atoms with Crippen LogP contribution in [-0.2, 0) is 13.0 Å². The van der Waals surface area contributed by atoms with Gasteiger partial charge in [-0.15, -0.1) is 10.2 Å². The lowest BCUT2D eigenvalue weighted by Gasteiger charge is -2.12. The molecule has 0 radical (unpaired) electrons. The Hall–Kier alpha value is -1.19. The summed E-state index contributed by atoms with van der Waals surface area (Å²) in [6.45, 7) is 0.899. The van der Waals surface area contributed by atoms with E-state index in [0.29, 0.717) is 5.82 Å². The number of aldehydes is 1. The predicted molar refractivity (Wildman–Crippen MR) is 38.3 cm³/mol. The molecule has 0 amide bonds. The van der Waals surface area contributed by atoms with Gasteiger partial charge >= 0.3 is 0 Å². The van der Waals surface area contributed by atoms with Crippen LogP contribution in [0.1, 0.15) is 29.3 Å². The fourth-order valence-electron chi connectivity index (χ4n) is 1.42. The van der Waals surface area contributed by atoms with Crippen LogP contribution in [0.5, 0.6) is 0 Å². The molecule has 2 heterocycles. The van der Waals surface area contributed by atoms with Crippen molar-refractivity contribution in [1.82, 2.24) is 14.8 Å². The highest BCUT2D eigenvalue weighted by Crippen LogP contribution is 2.12. The van der Waals surface area contributed by atoms with Crippen LogP contribution >= 0.6 is 0 Å². The lowest BCUT2D eigenvalue weighted by Crippen LogP contribution is -2.12. The summed E-state index contributed by atoms with van der Waals surface area (Å²) < 4.78 is 1.90. The molecule has 1 aliphatic rings. The molecule has 0 atom stereocenters. The lowest BCUT2D eigenvalue weighted by atomic mass is 10.2. The van der Waals surface area contributed by atoms with Gasteiger partial charge in [0, 0.05) is 13.0 Å². The molecular formula is C7H9N3O. The number of nitrogens with zero attached hydrogens (tertiary/aromatic N) is 3. The van der Waals surface area contributed by atoms with Crippen LogP contribution < -0.4 is 0 Å². The lowest BCUT2D eigenvalue weighted by molar-refractivity contribution is 0.111. The van der Waals surface area contributed by atoms with E-state index in [9.17, 15) is 4.79 Å². The highest BCUT2D eigenvalue weighted by atomic mass is 16.1. The van der Waals surface area contributed by atoms with Crippen molar-refractivity contribution in [3.05, 3.63) is 11.6 Å². The standard InChI is InChI=1S/C7H9N3O/c11-5-7-9-8-6-3-1-2-4-10(6)7/h5H,1-4H2. The Kier molecular flexibility index (Phi) is 1.45. The van der Waals surface area contributed by atoms with Crippen molar-refractivity contribution in [3.8, 4) is 0 Å². The second-order valence-corrected chi connectivity index (χ2v) is 2.70. The van der Waals surface area contributed by atoms with E-state index in [-0.39, 0.29) is 0 Å². The van der Waals surface area contributed by atoms with Crippen molar-refractivity contribution in [3.63, 3.8) is 0 Å². The Morgan fingerprint density at radius 3 is 3.09 bits per heavy atom. The Labute approximate surface area is 64.2 Å². The fourth-order valence-corrected chi connectivity index (χ4v) is 1.42. The number of hydrogen-bond acceptors (Lipinski definition) is 3. The molecule has 0 fully saturated rings. The first-order valence-corrected chi connectivity index (χ1v) is 3.79. The zero-order chi connectivity index (χ0) is 7.68. The number of fused-ring (bicyclic) bond motifs is 1. The van der Waals surface area contributed by atoms with Crippen LogP contribution in [0.3, 0.4) is 0 Å². The molecule has 0 spiro atoms. The molecule has 11 heavy (non-hydrogen) atoms. The summed E-state index contributed by atoms with van der Waals surface area (Å²) in [5.74, 6) is 1.43. The average Bonchev–Trinajstić information content (AvgIpc) is 2.47. The van der Waals surface area contributed by atoms with Gasteiger partial charge in [-0.1, -0.05) is 0 Å². The van der Waals surface area contributed by atoms with Crippen molar-refractivity contribution in [2.24, 2.45) is 0 Å². The van der Waals surface area contributed by atoms with Gasteiger partial charge in [0.25, 0.3) is 0 Å². The number of rotatable bonds is 1. The molecule has 4 heteroatoms. The third-order valence-corrected chi connectivity index (χ3v) is 1.99. The normalized spacial score (nSPS) is 16.0. The van der Waals surface area contributed by atoms with E-state index in [4.69, 9.17) is 0 Å². The first-order chi connectivity index (χ1) is 5.42. The first kappa shape index (κ1) is 6.52. The predicted octanol–water partition coefficient (Wildman–Crippen LogP) is 0.427. The quantitative estimate of drug-likeness (QED) is 0.547. The van der Waals surface area contributed by atoms with E-state index in [1.807, 2.05) is 4.57 Å². The molecule has 0 saturated carbocycles. The number of carbonyl (C=O) groups excluding carboxylic acids is 1. The van der Waals surface area contributed by atoms with Gasteiger partial charge in [-0.3, -0.25) is 4.79 Å². The monoisotopic (exact) mass is 151 g/mol. The van der Waals surface area contributed by atoms with Crippen LogP contribution in [-0.4, -0.2) is 21.1 Å². The smallest absolute Gasteiger partial charge is 0.196 e. The summed E-state index contributed by atoms with van der Waals surface area (Å²) in [7, 11) is 0. The maximum atomic E-state index is 10.4. The summed E-state index contributed by atoms with van der Waals surface area (Å²) in [5, 5.41) is 7.67. The van der Waals surface area contributed by atoms with Gasteiger partial charge in [-0.25, -0.2) is 0 Å². The molecule has 0 aliphatic carbocycles. The van der Waals surface area contributed by atoms with Crippen molar-refractivity contribution < 1.29 is 4.79 Å². The second-order valence-electron chi connectivity index (χ2n) is 2.70. The molecular weight excluding hydrogens is 142 g/mol. The number of hydrogen-bond donors (Lipinski definition) is 0. The van der Waals surface area contributed by atoms with Crippen LogP contribution in [0.25, 0.3) is 0 Å². The molecule has 2 rings (SSSR count). The molecule has 4 nitrogen and oxygen atoms in total. The highest BCUT2D eigenvalue weighted by Gasteiger charge is 2.14. The van der Waals surface area contributed by atoms with Crippen LogP contribution in [0.15, 0.2) is 0 Å². The third-order valence-electron chi connectivity index (χ3n) is 1.99. The Morgan fingerprint density at radius 2 is 2.27 bits per heavy atom. The molecule has 1 aliphatic heterocycles. The van der Waals surface area contributed by atoms with E-state index >= 15 is 0 Å². The highest BCUT2D eigenvalue weighted by molar-refractivity contribution is 5.69. The molecule has 0 aromatic carbocycles. The number of aromatic nitrogens is 3. The summed E-state index contributed by atoms with van der Waals surface area (Å²) >= 11 is 0. The van der Waals surface area contributed by atoms with E-state index in [2.05, 4.69) is 10.2 Å². The largest absolute Gasteiger partial charge is 0.309 e. The van der Waals surface area contributed by atoms with Gasteiger partial charge in [-0.05, 0) is 12.8 Å². The Bertz CT molecular complexity index is 279. The van der Waals surface area contributed by atoms with Crippen molar-refractivity contribution in [2.45, 2.75) is 25.8 Å². The average molecular weight is 151 g/mol. The summed E-state index contributed by atoms with van der Waals surface area (Å²) in [6, 6.07) is 0.